The molecule has 104 valence electrons. The van der Waals surface area contributed by atoms with E-state index in [1.807, 2.05) is 7.05 Å². The molecule has 5 heteroatoms. The lowest BCUT2D eigenvalue weighted by Crippen LogP contribution is -2.34. The molecule has 2 rings (SSSR count). The van der Waals surface area contributed by atoms with Crippen molar-refractivity contribution in [1.29, 1.82) is 0 Å². The molecule has 2 atom stereocenters. The van der Waals surface area contributed by atoms with Crippen LogP contribution in [0.25, 0.3) is 0 Å². The molecule has 1 saturated carbocycles. The molecule has 0 saturated heterocycles. The third-order valence-electron chi connectivity index (χ3n) is 3.55. The highest BCUT2D eigenvalue weighted by molar-refractivity contribution is 6.31. The number of amides is 1. The molecule has 0 spiro atoms. The van der Waals surface area contributed by atoms with Crippen LogP contribution in [0.2, 0.25) is 5.02 Å². The third kappa shape index (κ3) is 3.07. The van der Waals surface area contributed by atoms with Crippen molar-refractivity contribution in [3.8, 4) is 0 Å². The Kier molecular flexibility index (Phi) is 4.42. The summed E-state index contributed by atoms with van der Waals surface area (Å²) in [6.07, 6.45) is 0.684. The van der Waals surface area contributed by atoms with Crippen molar-refractivity contribution in [2.75, 3.05) is 27.2 Å². The number of carbonyl (C=O) groups excluding carboxylic acids is 1. The van der Waals surface area contributed by atoms with E-state index in [9.17, 15) is 9.18 Å². The van der Waals surface area contributed by atoms with E-state index in [4.69, 9.17) is 11.6 Å². The summed E-state index contributed by atoms with van der Waals surface area (Å²) >= 11 is 6.02. The number of hydrogen-bond donors (Lipinski definition) is 1. The molecule has 1 aliphatic rings. The Morgan fingerprint density at radius 2 is 2.32 bits per heavy atom. The smallest absolute Gasteiger partial charge is 0.226 e. The fraction of sp³-hybridized carbons (Fsp3) is 0.500. The van der Waals surface area contributed by atoms with Crippen LogP contribution < -0.4 is 5.32 Å². The monoisotopic (exact) mass is 284 g/mol. The number of hydrogen-bond acceptors (Lipinski definition) is 2. The van der Waals surface area contributed by atoms with Crippen LogP contribution in [0, 0.1) is 11.7 Å². The fourth-order valence-corrected chi connectivity index (χ4v) is 2.63. The average Bonchev–Trinajstić information content (AvgIpc) is 3.15. The topological polar surface area (TPSA) is 32.3 Å². The van der Waals surface area contributed by atoms with Crippen LogP contribution in [-0.2, 0) is 4.79 Å². The maximum Gasteiger partial charge on any atom is 0.226 e. The Morgan fingerprint density at radius 3 is 2.95 bits per heavy atom. The third-order valence-corrected chi connectivity index (χ3v) is 3.88. The van der Waals surface area contributed by atoms with E-state index in [2.05, 4.69) is 5.32 Å². The molecule has 0 aromatic heterocycles. The Labute approximate surface area is 117 Å². The maximum absolute atomic E-state index is 13.8. The van der Waals surface area contributed by atoms with Crippen LogP contribution >= 0.6 is 11.6 Å². The zero-order valence-corrected chi connectivity index (χ0v) is 11.9. The standard InChI is InChI=1S/C14H18ClFN2O/c1-17-6-7-18(2)14(19)10-8-9(10)13-11(15)4-3-5-12(13)16/h3-5,9-10,17H,6-8H2,1-2H3. The van der Waals surface area contributed by atoms with Gasteiger partial charge in [0, 0.05) is 42.6 Å². The van der Waals surface area contributed by atoms with Gasteiger partial charge in [-0.2, -0.15) is 0 Å². The Bertz CT molecular complexity index is 460. The normalized spacial score (nSPS) is 21.3. The molecule has 1 aliphatic carbocycles. The van der Waals surface area contributed by atoms with Gasteiger partial charge in [0.2, 0.25) is 5.91 Å². The predicted molar refractivity (Wildman–Crippen MR) is 73.8 cm³/mol. The zero-order chi connectivity index (χ0) is 14.0. The van der Waals surface area contributed by atoms with E-state index in [1.165, 1.54) is 6.07 Å². The molecular weight excluding hydrogens is 267 g/mol. The van der Waals surface area contributed by atoms with E-state index in [0.717, 1.165) is 6.54 Å². The van der Waals surface area contributed by atoms with Crippen molar-refractivity contribution in [3.63, 3.8) is 0 Å². The molecule has 1 N–H and O–H groups in total. The van der Waals surface area contributed by atoms with Crippen molar-refractivity contribution in [1.82, 2.24) is 10.2 Å². The average molecular weight is 285 g/mol. The largest absolute Gasteiger partial charge is 0.344 e. The lowest BCUT2D eigenvalue weighted by atomic mass is 10.1. The summed E-state index contributed by atoms with van der Waals surface area (Å²) in [6, 6.07) is 4.65. The molecule has 2 unspecified atom stereocenters. The summed E-state index contributed by atoms with van der Waals surface area (Å²) in [7, 11) is 3.62. The first-order valence-corrected chi connectivity index (χ1v) is 6.77. The minimum absolute atomic E-state index is 0.0690. The summed E-state index contributed by atoms with van der Waals surface area (Å²) in [5, 5.41) is 3.41. The molecule has 0 radical (unpaired) electrons. The molecule has 3 nitrogen and oxygen atoms in total. The molecule has 1 aromatic carbocycles. The first-order valence-electron chi connectivity index (χ1n) is 6.39. The Balaban J connectivity index is 2.02. The van der Waals surface area contributed by atoms with E-state index < -0.39 is 0 Å². The van der Waals surface area contributed by atoms with Gasteiger partial charge in [-0.05, 0) is 25.6 Å². The number of nitrogens with one attached hydrogen (secondary N) is 1. The van der Waals surface area contributed by atoms with Crippen LogP contribution in [0.4, 0.5) is 4.39 Å². The Hall–Kier alpha value is -1.13. The summed E-state index contributed by atoms with van der Waals surface area (Å²) < 4.78 is 13.8. The van der Waals surface area contributed by atoms with Crippen molar-refractivity contribution in [2.24, 2.45) is 5.92 Å². The van der Waals surface area contributed by atoms with Gasteiger partial charge in [0.25, 0.3) is 0 Å². The molecule has 1 aromatic rings. The predicted octanol–water partition coefficient (Wildman–Crippen LogP) is 2.26. The quantitative estimate of drug-likeness (QED) is 0.899. The van der Waals surface area contributed by atoms with E-state index >= 15 is 0 Å². The summed E-state index contributed by atoms with van der Waals surface area (Å²) in [5.74, 6) is -0.445. The number of halogens is 2. The molecule has 0 heterocycles. The van der Waals surface area contributed by atoms with Gasteiger partial charge in [0.15, 0.2) is 0 Å². The molecular formula is C14H18ClFN2O. The number of nitrogens with zero attached hydrogens (tertiary/aromatic N) is 1. The number of rotatable bonds is 5. The number of likely N-dealkylation sites (N-methyl/N-ethyl adjacent to an activating group) is 2. The van der Waals surface area contributed by atoms with Gasteiger partial charge in [-0.15, -0.1) is 0 Å². The first-order chi connectivity index (χ1) is 9.06. The zero-order valence-electron chi connectivity index (χ0n) is 11.1. The highest BCUT2D eigenvalue weighted by atomic mass is 35.5. The second kappa shape index (κ2) is 5.88. The summed E-state index contributed by atoms with van der Waals surface area (Å²) in [6.45, 7) is 1.41. The molecule has 1 fully saturated rings. The van der Waals surface area contributed by atoms with Crippen LogP contribution in [0.1, 0.15) is 17.9 Å². The first kappa shape index (κ1) is 14.3. The SMILES string of the molecule is CNCCN(C)C(=O)C1CC1c1c(F)cccc1Cl. The van der Waals surface area contributed by atoms with Crippen molar-refractivity contribution in [3.05, 3.63) is 34.6 Å². The van der Waals surface area contributed by atoms with Crippen LogP contribution in [-0.4, -0.2) is 38.0 Å². The highest BCUT2D eigenvalue weighted by Crippen LogP contribution is 2.51. The lowest BCUT2D eigenvalue weighted by molar-refractivity contribution is -0.131. The van der Waals surface area contributed by atoms with Gasteiger partial charge in [0.05, 0.1) is 0 Å². The molecule has 19 heavy (non-hydrogen) atoms. The van der Waals surface area contributed by atoms with Gasteiger partial charge in [0.1, 0.15) is 5.82 Å². The van der Waals surface area contributed by atoms with Crippen LogP contribution in [0.5, 0.6) is 0 Å². The van der Waals surface area contributed by atoms with E-state index in [-0.39, 0.29) is 23.6 Å². The number of benzene rings is 1. The van der Waals surface area contributed by atoms with Crippen molar-refractivity contribution >= 4 is 17.5 Å². The number of carbonyl (C=O) groups is 1. The van der Waals surface area contributed by atoms with E-state index in [1.54, 1.807) is 24.1 Å². The van der Waals surface area contributed by atoms with Crippen molar-refractivity contribution in [2.45, 2.75) is 12.3 Å². The molecule has 0 bridgehead atoms. The van der Waals surface area contributed by atoms with Gasteiger partial charge in [-0.1, -0.05) is 17.7 Å². The van der Waals surface area contributed by atoms with Gasteiger partial charge < -0.3 is 10.2 Å². The van der Waals surface area contributed by atoms with Crippen molar-refractivity contribution < 1.29 is 9.18 Å². The Morgan fingerprint density at radius 1 is 1.58 bits per heavy atom. The van der Waals surface area contributed by atoms with Crippen LogP contribution in [0.3, 0.4) is 0 Å². The maximum atomic E-state index is 13.8. The second-order valence-corrected chi connectivity index (χ2v) is 5.35. The highest BCUT2D eigenvalue weighted by Gasteiger charge is 2.47. The lowest BCUT2D eigenvalue weighted by Gasteiger charge is -2.17. The summed E-state index contributed by atoms with van der Waals surface area (Å²) in [4.78, 5) is 13.8. The minimum atomic E-state index is -0.314. The fourth-order valence-electron chi connectivity index (χ4n) is 2.32. The van der Waals surface area contributed by atoms with Gasteiger partial charge >= 0.3 is 0 Å². The van der Waals surface area contributed by atoms with Gasteiger partial charge in [-0.25, -0.2) is 4.39 Å². The second-order valence-electron chi connectivity index (χ2n) is 4.95. The van der Waals surface area contributed by atoms with E-state index in [0.29, 0.717) is 23.6 Å². The molecule has 0 aliphatic heterocycles. The van der Waals surface area contributed by atoms with Gasteiger partial charge in [-0.3, -0.25) is 4.79 Å². The van der Waals surface area contributed by atoms with Crippen LogP contribution in [0.15, 0.2) is 18.2 Å². The molecule has 1 amide bonds. The minimum Gasteiger partial charge on any atom is -0.344 e. The summed E-state index contributed by atoms with van der Waals surface area (Å²) in [5.41, 5.74) is 0.490.